The molecule has 7 heteroatoms. The first-order valence-corrected chi connectivity index (χ1v) is 8.46. The Morgan fingerprint density at radius 1 is 1.13 bits per heavy atom. The maximum Gasteiger partial charge on any atom is 0.268 e. The number of methoxy groups -OCH3 is 1. The van der Waals surface area contributed by atoms with E-state index in [0.29, 0.717) is 22.9 Å². The number of benzene rings is 2. The van der Waals surface area contributed by atoms with Gasteiger partial charge in [-0.15, -0.1) is 0 Å². The van der Waals surface area contributed by atoms with E-state index in [1.54, 1.807) is 36.4 Å². The van der Waals surface area contributed by atoms with Crippen molar-refractivity contribution in [3.05, 3.63) is 59.2 Å². The summed E-state index contributed by atoms with van der Waals surface area (Å²) < 4.78 is 31.9. The number of aromatic nitrogens is 1. The fraction of sp³-hybridized carbons (Fsp3) is 0.0625. The Morgan fingerprint density at radius 2 is 1.83 bits per heavy atom. The van der Waals surface area contributed by atoms with Gasteiger partial charge in [-0.05, 0) is 30.3 Å². The van der Waals surface area contributed by atoms with Crippen LogP contribution in [0.1, 0.15) is 10.5 Å². The molecular weight excluding hydrogens is 338 g/mol. The molecule has 0 spiro atoms. The van der Waals surface area contributed by atoms with E-state index in [0.717, 1.165) is 3.97 Å². The maximum atomic E-state index is 12.9. The normalized spacial score (nSPS) is 11.6. The van der Waals surface area contributed by atoms with E-state index in [1.807, 2.05) is 0 Å². The van der Waals surface area contributed by atoms with E-state index in [9.17, 15) is 13.2 Å². The highest BCUT2D eigenvalue weighted by molar-refractivity contribution is 7.90. The van der Waals surface area contributed by atoms with Crippen LogP contribution in [0, 0.1) is 0 Å². The molecule has 0 N–H and O–H groups in total. The number of hydrogen-bond acceptors (Lipinski definition) is 4. The lowest BCUT2D eigenvalue weighted by Crippen LogP contribution is -2.15. The quantitative estimate of drug-likeness (QED) is 0.677. The molecule has 0 unspecified atom stereocenters. The Kier molecular flexibility index (Phi) is 3.87. The number of hydrogen-bond donors (Lipinski definition) is 0. The summed E-state index contributed by atoms with van der Waals surface area (Å²) in [7, 11) is -2.45. The van der Waals surface area contributed by atoms with Crippen LogP contribution in [0.4, 0.5) is 0 Å². The zero-order valence-corrected chi connectivity index (χ0v) is 13.6. The molecule has 3 aromatic rings. The predicted molar refractivity (Wildman–Crippen MR) is 87.9 cm³/mol. The number of aldehydes is 1. The van der Waals surface area contributed by atoms with E-state index in [-0.39, 0.29) is 15.6 Å². The highest BCUT2D eigenvalue weighted by atomic mass is 35.5. The summed E-state index contributed by atoms with van der Waals surface area (Å²) in [5, 5.41) is 0.515. The molecule has 3 rings (SSSR count). The van der Waals surface area contributed by atoms with Crippen molar-refractivity contribution in [1.29, 1.82) is 0 Å². The lowest BCUT2D eigenvalue weighted by atomic mass is 10.2. The van der Waals surface area contributed by atoms with Crippen LogP contribution < -0.4 is 4.74 Å². The minimum absolute atomic E-state index is 0.0764. The standard InChI is InChI=1S/C16H12ClNO4S/c1-22-11-7-8-14-13(9-11)16(17)15(10-19)18(14)23(20,21)12-5-3-2-4-6-12/h2-10H,1H3. The van der Waals surface area contributed by atoms with Gasteiger partial charge in [-0.1, -0.05) is 29.8 Å². The van der Waals surface area contributed by atoms with Crippen molar-refractivity contribution >= 4 is 38.8 Å². The van der Waals surface area contributed by atoms with Crippen LogP contribution in [0.25, 0.3) is 10.9 Å². The smallest absolute Gasteiger partial charge is 0.268 e. The van der Waals surface area contributed by atoms with E-state index in [1.165, 1.54) is 19.2 Å². The van der Waals surface area contributed by atoms with E-state index >= 15 is 0 Å². The summed E-state index contributed by atoms with van der Waals surface area (Å²) in [5.41, 5.74) is 0.209. The highest BCUT2D eigenvalue weighted by Gasteiger charge is 2.26. The summed E-state index contributed by atoms with van der Waals surface area (Å²) in [6.07, 6.45) is 0.440. The van der Waals surface area contributed by atoms with Gasteiger partial charge in [-0.25, -0.2) is 12.4 Å². The summed E-state index contributed by atoms with van der Waals surface area (Å²) in [4.78, 5) is 11.5. The molecule has 2 aromatic carbocycles. The maximum absolute atomic E-state index is 12.9. The van der Waals surface area contributed by atoms with E-state index in [4.69, 9.17) is 16.3 Å². The molecule has 0 saturated carbocycles. The number of fused-ring (bicyclic) bond motifs is 1. The van der Waals surface area contributed by atoms with Crippen LogP contribution in [-0.2, 0) is 10.0 Å². The molecule has 0 aliphatic rings. The molecule has 1 aromatic heterocycles. The number of halogens is 1. The molecule has 0 aliphatic heterocycles. The van der Waals surface area contributed by atoms with Crippen LogP contribution in [0.2, 0.25) is 5.02 Å². The number of ether oxygens (including phenoxy) is 1. The molecule has 0 saturated heterocycles. The Labute approximate surface area is 138 Å². The fourth-order valence-corrected chi connectivity index (χ4v) is 4.26. The summed E-state index contributed by atoms with van der Waals surface area (Å²) in [6.45, 7) is 0. The van der Waals surface area contributed by atoms with Gasteiger partial charge in [-0.2, -0.15) is 0 Å². The van der Waals surface area contributed by atoms with Crippen molar-refractivity contribution in [2.24, 2.45) is 0 Å². The largest absolute Gasteiger partial charge is 0.497 e. The number of nitrogens with zero attached hydrogens (tertiary/aromatic N) is 1. The first-order chi connectivity index (χ1) is 11.0. The Hall–Kier alpha value is -2.31. The van der Waals surface area contributed by atoms with Crippen molar-refractivity contribution in [1.82, 2.24) is 3.97 Å². The number of carbonyl (C=O) groups excluding carboxylic acids is 1. The fourth-order valence-electron chi connectivity index (χ4n) is 2.41. The number of rotatable bonds is 4. The molecule has 118 valence electrons. The van der Waals surface area contributed by atoms with Gasteiger partial charge in [0.15, 0.2) is 6.29 Å². The van der Waals surface area contributed by atoms with Crippen LogP contribution in [0.5, 0.6) is 5.75 Å². The van der Waals surface area contributed by atoms with Gasteiger partial charge in [0.1, 0.15) is 11.4 Å². The molecule has 0 aliphatic carbocycles. The average molecular weight is 350 g/mol. The second-order valence-corrected chi connectivity index (χ2v) is 6.95. The third-order valence-electron chi connectivity index (χ3n) is 3.50. The summed E-state index contributed by atoms with van der Waals surface area (Å²) in [5.74, 6) is 0.520. The zero-order valence-electron chi connectivity index (χ0n) is 12.1. The molecule has 0 atom stereocenters. The molecule has 0 bridgehead atoms. The third kappa shape index (κ3) is 2.40. The molecule has 0 fully saturated rings. The molecule has 0 radical (unpaired) electrons. The molecule has 5 nitrogen and oxygen atoms in total. The second kappa shape index (κ2) is 5.72. The van der Waals surface area contributed by atoms with E-state index < -0.39 is 10.0 Å². The lowest BCUT2D eigenvalue weighted by Gasteiger charge is -2.09. The predicted octanol–water partition coefficient (Wildman–Crippen LogP) is 3.35. The van der Waals surface area contributed by atoms with Crippen LogP contribution in [0.15, 0.2) is 53.4 Å². The van der Waals surface area contributed by atoms with Gasteiger partial charge >= 0.3 is 0 Å². The summed E-state index contributed by atoms with van der Waals surface area (Å²) >= 11 is 6.21. The Bertz CT molecular complexity index is 994. The number of carbonyl (C=O) groups is 1. The van der Waals surface area contributed by atoms with E-state index in [2.05, 4.69) is 0 Å². The van der Waals surface area contributed by atoms with Gasteiger partial charge in [0.25, 0.3) is 10.0 Å². The molecule has 1 heterocycles. The van der Waals surface area contributed by atoms with Gasteiger partial charge in [0.2, 0.25) is 0 Å². The van der Waals surface area contributed by atoms with Crippen molar-refractivity contribution in [2.75, 3.05) is 7.11 Å². The lowest BCUT2D eigenvalue weighted by molar-refractivity contribution is 0.111. The van der Waals surface area contributed by atoms with Gasteiger partial charge in [0, 0.05) is 5.39 Å². The second-order valence-electron chi connectivity index (χ2n) is 4.78. The van der Waals surface area contributed by atoms with Gasteiger partial charge in [0.05, 0.1) is 22.5 Å². The van der Waals surface area contributed by atoms with Crippen LogP contribution in [0.3, 0.4) is 0 Å². The Balaban J connectivity index is 2.40. The minimum Gasteiger partial charge on any atom is -0.497 e. The summed E-state index contributed by atoms with van der Waals surface area (Å²) in [6, 6.07) is 12.7. The Morgan fingerprint density at radius 3 is 2.43 bits per heavy atom. The molecule has 23 heavy (non-hydrogen) atoms. The van der Waals surface area contributed by atoms with Crippen LogP contribution in [-0.4, -0.2) is 25.8 Å². The SMILES string of the molecule is COc1ccc2c(c1)c(Cl)c(C=O)n2S(=O)(=O)c1ccccc1. The average Bonchev–Trinajstić information content (AvgIpc) is 2.87. The first-order valence-electron chi connectivity index (χ1n) is 6.64. The van der Waals surface area contributed by atoms with Crippen molar-refractivity contribution in [3.63, 3.8) is 0 Å². The third-order valence-corrected chi connectivity index (χ3v) is 5.63. The van der Waals surface area contributed by atoms with Crippen LogP contribution >= 0.6 is 11.6 Å². The van der Waals surface area contributed by atoms with Crippen molar-refractivity contribution < 1.29 is 17.9 Å². The molecular formula is C16H12ClNO4S. The first kappa shape index (κ1) is 15.6. The minimum atomic E-state index is -3.95. The monoisotopic (exact) mass is 349 g/mol. The highest BCUT2D eigenvalue weighted by Crippen LogP contribution is 2.35. The topological polar surface area (TPSA) is 65.4 Å². The zero-order chi connectivity index (χ0) is 16.6. The van der Waals surface area contributed by atoms with Gasteiger partial charge in [-0.3, -0.25) is 4.79 Å². The van der Waals surface area contributed by atoms with Crippen molar-refractivity contribution in [2.45, 2.75) is 4.90 Å². The molecule has 0 amide bonds. The van der Waals surface area contributed by atoms with Crippen molar-refractivity contribution in [3.8, 4) is 5.75 Å². The van der Waals surface area contributed by atoms with Gasteiger partial charge < -0.3 is 4.74 Å².